The lowest BCUT2D eigenvalue weighted by molar-refractivity contribution is 0.604. The lowest BCUT2D eigenvalue weighted by Gasteiger charge is -2.03. The molecule has 0 amide bonds. The van der Waals surface area contributed by atoms with Gasteiger partial charge in [0.1, 0.15) is 17.2 Å². The Labute approximate surface area is 91.5 Å². The van der Waals surface area contributed by atoms with Crippen molar-refractivity contribution in [2.45, 2.75) is 12.8 Å². The van der Waals surface area contributed by atoms with Gasteiger partial charge < -0.3 is 0 Å². The van der Waals surface area contributed by atoms with Crippen LogP contribution >= 0.6 is 11.6 Å². The molecule has 78 valence electrons. The third kappa shape index (κ3) is 1.72. The molecule has 0 spiro atoms. The van der Waals surface area contributed by atoms with Crippen molar-refractivity contribution in [3.63, 3.8) is 0 Å². The highest BCUT2D eigenvalue weighted by molar-refractivity contribution is 6.16. The molecule has 3 nitrogen and oxygen atoms in total. The molecule has 0 aliphatic rings. The molecule has 15 heavy (non-hydrogen) atoms. The fourth-order valence-electron chi connectivity index (χ4n) is 1.34. The fourth-order valence-corrected chi connectivity index (χ4v) is 1.58. The first-order valence-corrected chi connectivity index (χ1v) is 4.99. The predicted octanol–water partition coefficient (Wildman–Crippen LogP) is 2.45. The van der Waals surface area contributed by atoms with Crippen LogP contribution in [0.15, 0.2) is 24.3 Å². The van der Waals surface area contributed by atoms with Crippen LogP contribution in [-0.2, 0) is 5.88 Å². The number of para-hydroxylation sites is 1. The lowest BCUT2D eigenvalue weighted by atomic mass is 10.3. The first-order valence-electron chi connectivity index (χ1n) is 4.46. The lowest BCUT2D eigenvalue weighted by Crippen LogP contribution is -2.01. The highest BCUT2D eigenvalue weighted by Crippen LogP contribution is 2.16. The molecule has 0 atom stereocenters. The predicted molar refractivity (Wildman–Crippen MR) is 55.6 cm³/mol. The number of nitrogens with zero attached hydrogens (tertiary/aromatic N) is 3. The molecule has 0 unspecified atom stereocenters. The molecule has 0 saturated heterocycles. The average Bonchev–Trinajstić information content (AvgIpc) is 2.60. The summed E-state index contributed by atoms with van der Waals surface area (Å²) in [5.74, 6) is -0.0491. The van der Waals surface area contributed by atoms with E-state index in [9.17, 15) is 4.39 Å². The Bertz CT molecular complexity index is 481. The second-order valence-corrected chi connectivity index (χ2v) is 3.39. The van der Waals surface area contributed by atoms with Crippen molar-refractivity contribution in [1.29, 1.82) is 0 Å². The molecule has 5 heteroatoms. The molecule has 0 bridgehead atoms. The van der Waals surface area contributed by atoms with E-state index in [1.165, 1.54) is 10.7 Å². The van der Waals surface area contributed by atoms with Crippen molar-refractivity contribution < 1.29 is 4.39 Å². The summed E-state index contributed by atoms with van der Waals surface area (Å²) in [5, 5.41) is 7.73. The summed E-state index contributed by atoms with van der Waals surface area (Å²) in [7, 11) is 0. The molecular formula is C10H9ClFN3. The van der Waals surface area contributed by atoms with Crippen LogP contribution in [0.1, 0.15) is 11.4 Å². The molecule has 0 saturated carbocycles. The van der Waals surface area contributed by atoms with E-state index in [-0.39, 0.29) is 11.7 Å². The van der Waals surface area contributed by atoms with Crippen LogP contribution in [0.4, 0.5) is 4.39 Å². The second kappa shape index (κ2) is 3.98. The minimum absolute atomic E-state index is 0.278. The van der Waals surface area contributed by atoms with Crippen LogP contribution in [0.5, 0.6) is 0 Å². The number of hydrogen-bond acceptors (Lipinski definition) is 2. The summed E-state index contributed by atoms with van der Waals surface area (Å²) < 4.78 is 14.9. The molecule has 0 N–H and O–H groups in total. The van der Waals surface area contributed by atoms with E-state index in [2.05, 4.69) is 10.3 Å². The van der Waals surface area contributed by atoms with Crippen molar-refractivity contribution in [3.05, 3.63) is 41.5 Å². The fraction of sp³-hybridized carbons (Fsp3) is 0.200. The SMILES string of the molecule is Cc1c(CCl)nnn1-c1ccccc1F. The van der Waals surface area contributed by atoms with Crippen molar-refractivity contribution in [2.24, 2.45) is 0 Å². The van der Waals surface area contributed by atoms with Gasteiger partial charge in [-0.3, -0.25) is 0 Å². The zero-order valence-electron chi connectivity index (χ0n) is 8.11. The molecule has 0 fully saturated rings. The first-order chi connectivity index (χ1) is 7.24. The third-order valence-electron chi connectivity index (χ3n) is 2.20. The zero-order chi connectivity index (χ0) is 10.8. The zero-order valence-corrected chi connectivity index (χ0v) is 8.87. The van der Waals surface area contributed by atoms with Crippen LogP contribution in [0.3, 0.4) is 0 Å². The monoisotopic (exact) mass is 225 g/mol. The normalized spacial score (nSPS) is 10.6. The average molecular weight is 226 g/mol. The van der Waals surface area contributed by atoms with Crippen molar-refractivity contribution in [2.75, 3.05) is 0 Å². The van der Waals surface area contributed by atoms with Crippen molar-refractivity contribution >= 4 is 11.6 Å². The molecule has 2 aromatic rings. The van der Waals surface area contributed by atoms with E-state index in [1.54, 1.807) is 18.2 Å². The molecule has 1 aromatic heterocycles. The van der Waals surface area contributed by atoms with Gasteiger partial charge in [0.05, 0.1) is 11.6 Å². The van der Waals surface area contributed by atoms with Gasteiger partial charge in [-0.15, -0.1) is 16.7 Å². The Morgan fingerprint density at radius 1 is 1.40 bits per heavy atom. The standard InChI is InChI=1S/C10H9ClFN3/c1-7-9(6-11)13-14-15(7)10-5-3-2-4-8(10)12/h2-5H,6H2,1H3. The molecule has 2 rings (SSSR count). The second-order valence-electron chi connectivity index (χ2n) is 3.12. The number of halogens is 2. The third-order valence-corrected chi connectivity index (χ3v) is 2.45. The maximum atomic E-state index is 13.4. The van der Waals surface area contributed by atoms with E-state index in [1.807, 2.05) is 6.92 Å². The van der Waals surface area contributed by atoms with Gasteiger partial charge in [0.15, 0.2) is 0 Å². The van der Waals surface area contributed by atoms with E-state index in [0.717, 1.165) is 5.69 Å². The summed E-state index contributed by atoms with van der Waals surface area (Å²) in [4.78, 5) is 0. The van der Waals surface area contributed by atoms with Crippen LogP contribution in [0.25, 0.3) is 5.69 Å². The minimum atomic E-state index is -0.327. The maximum absolute atomic E-state index is 13.4. The maximum Gasteiger partial charge on any atom is 0.148 e. The Morgan fingerprint density at radius 3 is 2.73 bits per heavy atom. The van der Waals surface area contributed by atoms with Gasteiger partial charge in [0.25, 0.3) is 0 Å². The Hall–Kier alpha value is -1.42. The molecule has 0 aliphatic heterocycles. The van der Waals surface area contributed by atoms with Gasteiger partial charge in [-0.25, -0.2) is 9.07 Å². The number of hydrogen-bond donors (Lipinski definition) is 0. The van der Waals surface area contributed by atoms with Gasteiger partial charge in [-0.1, -0.05) is 17.3 Å². The highest BCUT2D eigenvalue weighted by Gasteiger charge is 2.11. The summed E-state index contributed by atoms with van der Waals surface area (Å²) >= 11 is 5.66. The van der Waals surface area contributed by atoms with Crippen molar-refractivity contribution in [3.8, 4) is 5.69 Å². The quantitative estimate of drug-likeness (QED) is 0.735. The molecule has 0 radical (unpaired) electrons. The van der Waals surface area contributed by atoms with Crippen LogP contribution in [0.2, 0.25) is 0 Å². The Balaban J connectivity index is 2.55. The Kier molecular flexibility index (Phi) is 2.68. The minimum Gasteiger partial charge on any atom is -0.215 e. The first kappa shape index (κ1) is 10.1. The Morgan fingerprint density at radius 2 is 2.13 bits per heavy atom. The molecule has 1 aromatic carbocycles. The number of aromatic nitrogens is 3. The number of alkyl halides is 1. The van der Waals surface area contributed by atoms with Gasteiger partial charge in [0.2, 0.25) is 0 Å². The largest absolute Gasteiger partial charge is 0.215 e. The van der Waals surface area contributed by atoms with Gasteiger partial charge >= 0.3 is 0 Å². The van der Waals surface area contributed by atoms with Crippen LogP contribution in [-0.4, -0.2) is 15.0 Å². The molecule has 0 aliphatic carbocycles. The molecule has 1 heterocycles. The van der Waals surface area contributed by atoms with E-state index in [4.69, 9.17) is 11.6 Å². The van der Waals surface area contributed by atoms with Crippen LogP contribution < -0.4 is 0 Å². The summed E-state index contributed by atoms with van der Waals surface area (Å²) in [6.45, 7) is 1.81. The summed E-state index contributed by atoms with van der Waals surface area (Å²) in [6, 6.07) is 6.42. The highest BCUT2D eigenvalue weighted by atomic mass is 35.5. The van der Waals surface area contributed by atoms with Crippen molar-refractivity contribution in [1.82, 2.24) is 15.0 Å². The van der Waals surface area contributed by atoms with E-state index in [0.29, 0.717) is 11.4 Å². The smallest absolute Gasteiger partial charge is 0.148 e. The molecular weight excluding hydrogens is 217 g/mol. The number of benzene rings is 1. The van der Waals surface area contributed by atoms with E-state index >= 15 is 0 Å². The van der Waals surface area contributed by atoms with E-state index < -0.39 is 0 Å². The number of rotatable bonds is 2. The topological polar surface area (TPSA) is 30.7 Å². The van der Waals surface area contributed by atoms with Crippen LogP contribution in [0, 0.1) is 12.7 Å². The summed E-state index contributed by atoms with van der Waals surface area (Å²) in [5.41, 5.74) is 1.81. The van der Waals surface area contributed by atoms with Gasteiger partial charge in [-0.2, -0.15) is 0 Å². The van der Waals surface area contributed by atoms with Gasteiger partial charge in [0, 0.05) is 0 Å². The summed E-state index contributed by atoms with van der Waals surface area (Å²) in [6.07, 6.45) is 0. The van der Waals surface area contributed by atoms with Gasteiger partial charge in [-0.05, 0) is 19.1 Å².